The molecule has 1 fully saturated rings. The number of furan rings is 2. The second kappa shape index (κ2) is 8.34. The smallest absolute Gasteiger partial charge is 0.289 e. The van der Waals surface area contributed by atoms with Gasteiger partial charge in [-0.05, 0) is 50.1 Å². The van der Waals surface area contributed by atoms with Gasteiger partial charge in [-0.2, -0.15) is 0 Å². The van der Waals surface area contributed by atoms with Gasteiger partial charge < -0.3 is 23.4 Å². The third kappa shape index (κ3) is 3.95. The Morgan fingerprint density at radius 3 is 2.45 bits per heavy atom. The summed E-state index contributed by atoms with van der Waals surface area (Å²) in [7, 11) is 1.61. The number of carbonyl (C=O) groups excluding carboxylic acids is 2. The van der Waals surface area contributed by atoms with Crippen LogP contribution in [0.3, 0.4) is 0 Å². The summed E-state index contributed by atoms with van der Waals surface area (Å²) in [5.74, 6) is 1.63. The molecule has 2 aromatic heterocycles. The summed E-state index contributed by atoms with van der Waals surface area (Å²) in [6, 6.07) is 7.22. The SMILES string of the molecule is COc1cc2oc(C)c(C)c2cc1/C(C)=C/C(=O)N1CCN(C(=O)c2ccco2)CC1. The first-order valence-corrected chi connectivity index (χ1v) is 10.3. The van der Waals surface area contributed by atoms with Gasteiger partial charge in [-0.1, -0.05) is 0 Å². The van der Waals surface area contributed by atoms with Crippen LogP contribution < -0.4 is 4.74 Å². The van der Waals surface area contributed by atoms with Gasteiger partial charge >= 0.3 is 0 Å². The van der Waals surface area contributed by atoms with Crippen molar-refractivity contribution < 1.29 is 23.2 Å². The van der Waals surface area contributed by atoms with Crippen LogP contribution in [-0.2, 0) is 4.79 Å². The van der Waals surface area contributed by atoms with Crippen LogP contribution in [0.2, 0.25) is 0 Å². The number of aryl methyl sites for hydroxylation is 2. The van der Waals surface area contributed by atoms with Crippen molar-refractivity contribution in [3.05, 3.63) is 59.3 Å². The van der Waals surface area contributed by atoms with Gasteiger partial charge in [0, 0.05) is 49.3 Å². The highest BCUT2D eigenvalue weighted by molar-refractivity contribution is 5.98. The second-order valence-electron chi connectivity index (χ2n) is 7.75. The van der Waals surface area contributed by atoms with Crippen molar-refractivity contribution in [1.29, 1.82) is 0 Å². The number of hydrogen-bond donors (Lipinski definition) is 0. The van der Waals surface area contributed by atoms with E-state index in [1.54, 1.807) is 35.1 Å². The van der Waals surface area contributed by atoms with Crippen LogP contribution in [0.15, 0.2) is 45.4 Å². The van der Waals surface area contributed by atoms with Gasteiger partial charge in [0.2, 0.25) is 5.91 Å². The van der Waals surface area contributed by atoms with E-state index in [2.05, 4.69) is 0 Å². The lowest BCUT2D eigenvalue weighted by Crippen LogP contribution is -2.50. The Morgan fingerprint density at radius 2 is 1.81 bits per heavy atom. The maximum absolute atomic E-state index is 12.9. The molecule has 0 saturated carbocycles. The molecule has 1 aliphatic rings. The zero-order chi connectivity index (χ0) is 22.1. The van der Waals surface area contributed by atoms with Crippen LogP contribution in [-0.4, -0.2) is 54.9 Å². The summed E-state index contributed by atoms with van der Waals surface area (Å²) in [6.45, 7) is 7.76. The van der Waals surface area contributed by atoms with Gasteiger partial charge in [-0.25, -0.2) is 0 Å². The molecule has 1 aliphatic heterocycles. The maximum atomic E-state index is 12.9. The maximum Gasteiger partial charge on any atom is 0.289 e. The summed E-state index contributed by atoms with van der Waals surface area (Å²) in [4.78, 5) is 28.8. The van der Waals surface area contributed by atoms with Gasteiger partial charge in [0.1, 0.15) is 17.1 Å². The Bertz CT molecular complexity index is 1150. The van der Waals surface area contributed by atoms with E-state index in [0.717, 1.165) is 33.4 Å². The van der Waals surface area contributed by atoms with E-state index < -0.39 is 0 Å². The normalized spacial score (nSPS) is 14.9. The van der Waals surface area contributed by atoms with E-state index in [4.69, 9.17) is 13.6 Å². The molecule has 0 aliphatic carbocycles. The van der Waals surface area contributed by atoms with E-state index >= 15 is 0 Å². The number of fused-ring (bicyclic) bond motifs is 1. The molecule has 3 aromatic rings. The summed E-state index contributed by atoms with van der Waals surface area (Å²) in [5, 5.41) is 1.01. The number of ether oxygens (including phenoxy) is 1. The van der Waals surface area contributed by atoms with Crippen LogP contribution >= 0.6 is 0 Å². The molecule has 4 rings (SSSR count). The van der Waals surface area contributed by atoms with Gasteiger partial charge in [-0.15, -0.1) is 0 Å². The Hall–Kier alpha value is -3.48. The molecule has 0 spiro atoms. The average molecular weight is 422 g/mol. The predicted molar refractivity (Wildman–Crippen MR) is 117 cm³/mol. The minimum Gasteiger partial charge on any atom is -0.496 e. The van der Waals surface area contributed by atoms with E-state index in [1.165, 1.54) is 6.26 Å². The summed E-state index contributed by atoms with van der Waals surface area (Å²) in [5.41, 5.74) is 3.53. The first-order valence-electron chi connectivity index (χ1n) is 10.3. The second-order valence-corrected chi connectivity index (χ2v) is 7.75. The van der Waals surface area contributed by atoms with Gasteiger partial charge in [0.15, 0.2) is 5.76 Å². The molecule has 0 radical (unpaired) electrons. The number of piperazine rings is 1. The fourth-order valence-electron chi connectivity index (χ4n) is 3.89. The number of amides is 2. The fourth-order valence-corrected chi connectivity index (χ4v) is 3.89. The minimum atomic E-state index is -0.146. The zero-order valence-electron chi connectivity index (χ0n) is 18.2. The molecule has 7 heteroatoms. The highest BCUT2D eigenvalue weighted by atomic mass is 16.5. The molecule has 3 heterocycles. The number of allylic oxidation sites excluding steroid dienone is 1. The minimum absolute atomic E-state index is 0.0788. The first kappa shape index (κ1) is 20.8. The van der Waals surface area contributed by atoms with Crippen LogP contribution in [0.4, 0.5) is 0 Å². The van der Waals surface area contributed by atoms with Crippen LogP contribution in [0.5, 0.6) is 5.75 Å². The molecule has 0 bridgehead atoms. The molecule has 1 aromatic carbocycles. The van der Waals surface area contributed by atoms with Crippen molar-refractivity contribution in [2.75, 3.05) is 33.3 Å². The Labute approximate surface area is 180 Å². The van der Waals surface area contributed by atoms with Crippen molar-refractivity contribution in [3.63, 3.8) is 0 Å². The van der Waals surface area contributed by atoms with Gasteiger partial charge in [-0.3, -0.25) is 9.59 Å². The van der Waals surface area contributed by atoms with Crippen molar-refractivity contribution in [3.8, 4) is 5.75 Å². The molecule has 0 atom stereocenters. The van der Waals surface area contributed by atoms with Crippen molar-refractivity contribution >= 4 is 28.4 Å². The fraction of sp³-hybridized carbons (Fsp3) is 0.333. The topological polar surface area (TPSA) is 76.1 Å². The van der Waals surface area contributed by atoms with Crippen molar-refractivity contribution in [2.24, 2.45) is 0 Å². The molecular weight excluding hydrogens is 396 g/mol. The van der Waals surface area contributed by atoms with Crippen LogP contribution in [0.1, 0.15) is 34.4 Å². The van der Waals surface area contributed by atoms with Gasteiger partial charge in [0.25, 0.3) is 5.91 Å². The van der Waals surface area contributed by atoms with E-state index in [-0.39, 0.29) is 11.8 Å². The number of carbonyl (C=O) groups is 2. The number of methoxy groups -OCH3 is 1. The molecule has 31 heavy (non-hydrogen) atoms. The lowest BCUT2D eigenvalue weighted by Gasteiger charge is -2.33. The summed E-state index contributed by atoms with van der Waals surface area (Å²) >= 11 is 0. The highest BCUT2D eigenvalue weighted by Gasteiger charge is 2.25. The molecular formula is C24H26N2O5. The van der Waals surface area contributed by atoms with Crippen molar-refractivity contribution in [2.45, 2.75) is 20.8 Å². The third-order valence-electron chi connectivity index (χ3n) is 5.87. The number of nitrogens with zero attached hydrogens (tertiary/aromatic N) is 2. The highest BCUT2D eigenvalue weighted by Crippen LogP contribution is 2.34. The van der Waals surface area contributed by atoms with Crippen LogP contribution in [0.25, 0.3) is 16.5 Å². The predicted octanol–water partition coefficient (Wildman–Crippen LogP) is 4.04. The molecule has 0 N–H and O–H groups in total. The number of rotatable bonds is 4. The zero-order valence-corrected chi connectivity index (χ0v) is 18.2. The van der Waals surface area contributed by atoms with E-state index in [0.29, 0.717) is 37.7 Å². The summed E-state index contributed by atoms with van der Waals surface area (Å²) in [6.07, 6.45) is 3.12. The quantitative estimate of drug-likeness (QED) is 0.593. The van der Waals surface area contributed by atoms with Crippen molar-refractivity contribution in [1.82, 2.24) is 9.80 Å². The molecule has 1 saturated heterocycles. The lowest BCUT2D eigenvalue weighted by atomic mass is 10.0. The molecule has 162 valence electrons. The monoisotopic (exact) mass is 422 g/mol. The standard InChI is InChI=1S/C24H26N2O5/c1-15(18-13-19-16(2)17(3)31-22(19)14-21(18)29-4)12-23(27)25-7-9-26(10-8-25)24(28)20-6-5-11-30-20/h5-6,11-14H,7-10H2,1-4H3/b15-12+. The summed E-state index contributed by atoms with van der Waals surface area (Å²) < 4.78 is 16.5. The Morgan fingerprint density at radius 1 is 1.10 bits per heavy atom. The molecule has 7 nitrogen and oxygen atoms in total. The lowest BCUT2D eigenvalue weighted by molar-refractivity contribution is -0.127. The van der Waals surface area contributed by atoms with E-state index in [1.807, 2.05) is 32.9 Å². The van der Waals surface area contributed by atoms with E-state index in [9.17, 15) is 9.59 Å². The molecule has 2 amide bonds. The number of benzene rings is 1. The molecule has 0 unspecified atom stereocenters. The largest absolute Gasteiger partial charge is 0.496 e. The number of hydrogen-bond acceptors (Lipinski definition) is 5. The first-order chi connectivity index (χ1) is 14.9. The Balaban J connectivity index is 1.49. The third-order valence-corrected chi connectivity index (χ3v) is 5.87. The van der Waals surface area contributed by atoms with Gasteiger partial charge in [0.05, 0.1) is 13.4 Å². The Kier molecular flexibility index (Phi) is 5.59. The average Bonchev–Trinajstić information content (AvgIpc) is 3.41. The van der Waals surface area contributed by atoms with Crippen LogP contribution in [0, 0.1) is 13.8 Å².